The first-order chi connectivity index (χ1) is 9.97. The van der Waals surface area contributed by atoms with Gasteiger partial charge in [0.15, 0.2) is 0 Å². The van der Waals surface area contributed by atoms with Gasteiger partial charge >= 0.3 is 0 Å². The van der Waals surface area contributed by atoms with Crippen LogP contribution in [0.2, 0.25) is 0 Å². The van der Waals surface area contributed by atoms with Crippen LogP contribution in [0.1, 0.15) is 31.3 Å². The van der Waals surface area contributed by atoms with Crippen molar-refractivity contribution < 1.29 is 0 Å². The zero-order chi connectivity index (χ0) is 15.4. The minimum absolute atomic E-state index is 0.0694. The van der Waals surface area contributed by atoms with Gasteiger partial charge in [-0.15, -0.1) is 0 Å². The molecule has 114 valence electrons. The average molecular weight is 287 g/mol. The van der Waals surface area contributed by atoms with Gasteiger partial charge < -0.3 is 10.6 Å². The molecule has 0 amide bonds. The van der Waals surface area contributed by atoms with Crippen molar-refractivity contribution in [3.63, 3.8) is 0 Å². The molecule has 21 heavy (non-hydrogen) atoms. The molecular formula is C16H25N5. The van der Waals surface area contributed by atoms with E-state index >= 15 is 0 Å². The van der Waals surface area contributed by atoms with Crippen molar-refractivity contribution in [2.24, 2.45) is 11.7 Å². The number of hydrogen-bond acceptors (Lipinski definition) is 4. The van der Waals surface area contributed by atoms with Gasteiger partial charge in [-0.1, -0.05) is 26.0 Å². The second-order valence-electron chi connectivity index (χ2n) is 6.05. The van der Waals surface area contributed by atoms with Crippen LogP contribution < -0.4 is 10.6 Å². The predicted molar refractivity (Wildman–Crippen MR) is 86.3 cm³/mol. The van der Waals surface area contributed by atoms with E-state index in [4.69, 9.17) is 5.73 Å². The second-order valence-corrected chi connectivity index (χ2v) is 6.05. The van der Waals surface area contributed by atoms with E-state index in [1.807, 2.05) is 24.8 Å². The third-order valence-electron chi connectivity index (χ3n) is 3.45. The molecule has 0 bridgehead atoms. The number of nitrogens with zero attached hydrogens (tertiary/aromatic N) is 4. The molecule has 0 aliphatic heterocycles. The normalized spacial score (nSPS) is 12.7. The molecule has 1 atom stereocenters. The highest BCUT2D eigenvalue weighted by molar-refractivity contribution is 5.47. The Morgan fingerprint density at radius 1 is 1.29 bits per heavy atom. The van der Waals surface area contributed by atoms with Gasteiger partial charge in [-0.3, -0.25) is 0 Å². The molecule has 2 N–H and O–H groups in total. The fourth-order valence-corrected chi connectivity index (χ4v) is 2.29. The first-order valence-electron chi connectivity index (χ1n) is 7.37. The Morgan fingerprint density at radius 2 is 2.05 bits per heavy atom. The summed E-state index contributed by atoms with van der Waals surface area (Å²) in [6, 6.07) is 8.26. The molecule has 0 saturated heterocycles. The number of hydrogen-bond donors (Lipinski definition) is 1. The van der Waals surface area contributed by atoms with E-state index in [0.29, 0.717) is 12.3 Å². The summed E-state index contributed by atoms with van der Waals surface area (Å²) in [4.78, 5) is 6.43. The lowest BCUT2D eigenvalue weighted by Crippen LogP contribution is -2.19. The van der Waals surface area contributed by atoms with Crippen molar-refractivity contribution in [1.82, 2.24) is 14.8 Å². The lowest BCUT2D eigenvalue weighted by atomic mass is 10.0. The van der Waals surface area contributed by atoms with Gasteiger partial charge in [-0.25, -0.2) is 9.67 Å². The Bertz CT molecular complexity index is 574. The van der Waals surface area contributed by atoms with Crippen molar-refractivity contribution >= 4 is 5.69 Å². The topological polar surface area (TPSA) is 60.0 Å². The van der Waals surface area contributed by atoms with E-state index in [9.17, 15) is 0 Å². The van der Waals surface area contributed by atoms with Crippen molar-refractivity contribution in [2.75, 3.05) is 19.0 Å². The van der Waals surface area contributed by atoms with Gasteiger partial charge in [-0.05, 0) is 23.6 Å². The first-order valence-corrected chi connectivity index (χ1v) is 7.37. The highest BCUT2D eigenvalue weighted by Gasteiger charge is 2.13. The SMILES string of the molecule is CC(C)Cn1ncnc1CC(N)c1cccc(N(C)C)c1. The molecule has 0 radical (unpaired) electrons. The summed E-state index contributed by atoms with van der Waals surface area (Å²) >= 11 is 0. The van der Waals surface area contributed by atoms with Gasteiger partial charge in [0, 0.05) is 38.8 Å². The van der Waals surface area contributed by atoms with Crippen LogP contribution in [0.25, 0.3) is 0 Å². The van der Waals surface area contributed by atoms with Gasteiger partial charge in [-0.2, -0.15) is 5.10 Å². The highest BCUT2D eigenvalue weighted by Crippen LogP contribution is 2.20. The summed E-state index contributed by atoms with van der Waals surface area (Å²) in [5.74, 6) is 1.49. The van der Waals surface area contributed by atoms with Gasteiger partial charge in [0.2, 0.25) is 0 Å². The molecule has 1 heterocycles. The molecule has 0 aliphatic carbocycles. The predicted octanol–water partition coefficient (Wildman–Crippen LogP) is 2.24. The van der Waals surface area contributed by atoms with Crippen LogP contribution in [-0.2, 0) is 13.0 Å². The van der Waals surface area contributed by atoms with Gasteiger partial charge in [0.05, 0.1) is 0 Å². The molecule has 0 fully saturated rings. The molecule has 0 spiro atoms. The minimum atomic E-state index is -0.0694. The number of nitrogens with two attached hydrogens (primary N) is 1. The third-order valence-corrected chi connectivity index (χ3v) is 3.45. The molecule has 5 heteroatoms. The minimum Gasteiger partial charge on any atom is -0.378 e. The molecule has 1 aromatic carbocycles. The Balaban J connectivity index is 2.13. The Kier molecular flexibility index (Phi) is 4.96. The van der Waals surface area contributed by atoms with Crippen LogP contribution in [0.3, 0.4) is 0 Å². The van der Waals surface area contributed by atoms with E-state index < -0.39 is 0 Å². The Hall–Kier alpha value is -1.88. The molecule has 5 nitrogen and oxygen atoms in total. The van der Waals surface area contributed by atoms with Crippen LogP contribution in [0.4, 0.5) is 5.69 Å². The maximum atomic E-state index is 6.36. The molecule has 2 rings (SSSR count). The van der Waals surface area contributed by atoms with E-state index in [2.05, 4.69) is 47.0 Å². The maximum Gasteiger partial charge on any atom is 0.138 e. The summed E-state index contributed by atoms with van der Waals surface area (Å²) in [5, 5.41) is 4.29. The van der Waals surface area contributed by atoms with Crippen LogP contribution in [0.5, 0.6) is 0 Å². The molecule has 0 aliphatic rings. The largest absolute Gasteiger partial charge is 0.378 e. The third kappa shape index (κ3) is 4.04. The fraction of sp³-hybridized carbons (Fsp3) is 0.500. The average Bonchev–Trinajstić information content (AvgIpc) is 2.85. The molecular weight excluding hydrogens is 262 g/mol. The van der Waals surface area contributed by atoms with Crippen LogP contribution >= 0.6 is 0 Å². The number of benzene rings is 1. The lowest BCUT2D eigenvalue weighted by molar-refractivity contribution is 0.459. The molecule has 0 saturated carbocycles. The van der Waals surface area contributed by atoms with E-state index in [1.54, 1.807) is 6.33 Å². The zero-order valence-electron chi connectivity index (χ0n) is 13.3. The molecule has 1 aromatic heterocycles. The highest BCUT2D eigenvalue weighted by atomic mass is 15.3. The standard InChI is InChI=1S/C16H25N5/c1-12(2)10-21-16(18-11-19-21)9-15(17)13-6-5-7-14(8-13)20(3)4/h5-8,11-12,15H,9-10,17H2,1-4H3. The Labute approximate surface area is 126 Å². The summed E-state index contributed by atoms with van der Waals surface area (Å²) in [6.07, 6.45) is 2.31. The smallest absolute Gasteiger partial charge is 0.138 e. The monoisotopic (exact) mass is 287 g/mol. The van der Waals surface area contributed by atoms with Gasteiger partial charge in [0.25, 0.3) is 0 Å². The number of anilines is 1. The van der Waals surface area contributed by atoms with E-state index in [-0.39, 0.29) is 6.04 Å². The lowest BCUT2D eigenvalue weighted by Gasteiger charge is -2.17. The van der Waals surface area contributed by atoms with Crippen LogP contribution in [-0.4, -0.2) is 28.9 Å². The fourth-order valence-electron chi connectivity index (χ4n) is 2.29. The van der Waals surface area contributed by atoms with Gasteiger partial charge in [0.1, 0.15) is 12.2 Å². The maximum absolute atomic E-state index is 6.36. The molecule has 1 unspecified atom stereocenters. The van der Waals surface area contributed by atoms with E-state index in [0.717, 1.165) is 23.6 Å². The Morgan fingerprint density at radius 3 is 2.71 bits per heavy atom. The zero-order valence-corrected chi connectivity index (χ0v) is 13.3. The number of rotatable bonds is 6. The number of aromatic nitrogens is 3. The van der Waals surface area contributed by atoms with Crippen molar-refractivity contribution in [2.45, 2.75) is 32.9 Å². The summed E-state index contributed by atoms with van der Waals surface area (Å²) in [7, 11) is 4.06. The van der Waals surface area contributed by atoms with E-state index in [1.165, 1.54) is 0 Å². The molecule has 2 aromatic rings. The van der Waals surface area contributed by atoms with Crippen molar-refractivity contribution in [1.29, 1.82) is 0 Å². The van der Waals surface area contributed by atoms with Crippen LogP contribution in [0.15, 0.2) is 30.6 Å². The van der Waals surface area contributed by atoms with Crippen LogP contribution in [0, 0.1) is 5.92 Å². The quantitative estimate of drug-likeness (QED) is 0.885. The first kappa shape index (κ1) is 15.5. The summed E-state index contributed by atoms with van der Waals surface area (Å²) in [6.45, 7) is 5.22. The summed E-state index contributed by atoms with van der Waals surface area (Å²) < 4.78 is 1.96. The second kappa shape index (κ2) is 6.72. The van der Waals surface area contributed by atoms with Crippen molar-refractivity contribution in [3.8, 4) is 0 Å². The van der Waals surface area contributed by atoms with Crippen molar-refractivity contribution in [3.05, 3.63) is 42.0 Å². The summed E-state index contributed by atoms with van der Waals surface area (Å²) in [5.41, 5.74) is 8.64.